The van der Waals surface area contributed by atoms with Gasteiger partial charge in [-0.05, 0) is 51.5 Å². The zero-order valence-corrected chi connectivity index (χ0v) is 12.2. The molecule has 0 spiro atoms. The van der Waals surface area contributed by atoms with Crippen LogP contribution in [0.4, 0.5) is 0 Å². The Balaban J connectivity index is 2.87. The van der Waals surface area contributed by atoms with Crippen molar-refractivity contribution < 1.29 is 25.8 Å². The van der Waals surface area contributed by atoms with E-state index < -0.39 is 56.0 Å². The van der Waals surface area contributed by atoms with E-state index in [1.807, 2.05) is 0 Å². The molecule has 0 aliphatic carbocycles. The number of rotatable bonds is 1. The van der Waals surface area contributed by atoms with Crippen molar-refractivity contribution in [3.8, 4) is 0 Å². The van der Waals surface area contributed by atoms with Crippen LogP contribution in [0.2, 0.25) is 0 Å². The van der Waals surface area contributed by atoms with E-state index in [2.05, 4.69) is 0 Å². The minimum atomic E-state index is -3.49. The fourth-order valence-corrected chi connectivity index (χ4v) is 2.57. The molecule has 1 aromatic heterocycles. The third kappa shape index (κ3) is 2.63. The van der Waals surface area contributed by atoms with Crippen LogP contribution in [-0.4, -0.2) is 18.3 Å². The molecule has 2 nitrogen and oxygen atoms in total. The van der Waals surface area contributed by atoms with Crippen molar-refractivity contribution in [1.82, 2.24) is 0 Å². The molecular formula is C15H25BO2S. The summed E-state index contributed by atoms with van der Waals surface area (Å²) < 4.78 is 106. The van der Waals surface area contributed by atoms with E-state index in [9.17, 15) is 0 Å². The number of hydrogen-bond acceptors (Lipinski definition) is 3. The molecule has 0 saturated carbocycles. The third-order valence-corrected chi connectivity index (χ3v) is 4.72. The van der Waals surface area contributed by atoms with Gasteiger partial charge in [-0.1, -0.05) is 20.6 Å². The third-order valence-electron chi connectivity index (χ3n) is 3.64. The normalized spacial score (nSPS) is 34.0. The fraction of sp³-hybridized carbons (Fsp3) is 0.733. The minimum Gasteiger partial charge on any atom is -0.399 e. The molecule has 0 atom stereocenters. The SMILES string of the molecule is [2H]C([2H])([2H])c1sc(C(C([2H])([2H])[2H])(C([2H])([2H])[2H])C([2H])([2H])[2H])cc1B1OC(C)(C)C(C)(C)O1. The van der Waals surface area contributed by atoms with E-state index >= 15 is 0 Å². The molecule has 2 rings (SSSR count). The summed E-state index contributed by atoms with van der Waals surface area (Å²) in [6.45, 7) is -6.35. The highest BCUT2D eigenvalue weighted by Gasteiger charge is 2.52. The summed E-state index contributed by atoms with van der Waals surface area (Å²) >= 11 is 0.339. The molecule has 1 saturated heterocycles. The van der Waals surface area contributed by atoms with Gasteiger partial charge in [0.15, 0.2) is 0 Å². The summed E-state index contributed by atoms with van der Waals surface area (Å²) in [5, 5.41) is 0. The summed E-state index contributed by atoms with van der Waals surface area (Å²) in [6, 6.07) is 1.000. The van der Waals surface area contributed by atoms with Gasteiger partial charge in [0, 0.05) is 26.2 Å². The zero-order valence-electron chi connectivity index (χ0n) is 23.4. The second-order valence-electron chi connectivity index (χ2n) is 5.73. The zero-order chi connectivity index (χ0) is 24.6. The van der Waals surface area contributed by atoms with Crippen LogP contribution in [0.1, 0.15) is 74.5 Å². The summed E-state index contributed by atoms with van der Waals surface area (Å²) in [4.78, 5) is -0.966. The first-order chi connectivity index (χ1) is 13.4. The predicted octanol–water partition coefficient (Wildman–Crippen LogP) is 3.65. The van der Waals surface area contributed by atoms with Gasteiger partial charge in [0.25, 0.3) is 0 Å². The maximum atomic E-state index is 7.87. The molecule has 2 heterocycles. The largest absolute Gasteiger partial charge is 0.495 e. The summed E-state index contributed by atoms with van der Waals surface area (Å²) in [6.07, 6.45) is 0. The van der Waals surface area contributed by atoms with Crippen LogP contribution in [0.15, 0.2) is 6.07 Å². The molecule has 0 radical (unpaired) electrons. The van der Waals surface area contributed by atoms with Crippen LogP contribution in [-0.2, 0) is 14.7 Å². The van der Waals surface area contributed by atoms with Gasteiger partial charge in [-0.15, -0.1) is 11.3 Å². The van der Waals surface area contributed by atoms with E-state index in [4.69, 9.17) is 25.8 Å². The number of aryl methyl sites for hydroxylation is 1. The maximum absolute atomic E-state index is 7.87. The smallest absolute Gasteiger partial charge is 0.399 e. The summed E-state index contributed by atoms with van der Waals surface area (Å²) in [7, 11) is -1.24. The highest BCUT2D eigenvalue weighted by molar-refractivity contribution is 7.13. The van der Waals surface area contributed by atoms with Gasteiger partial charge in [0.05, 0.1) is 11.2 Å². The predicted molar refractivity (Wildman–Crippen MR) is 83.5 cm³/mol. The number of thiophene rings is 1. The molecule has 1 fully saturated rings. The molecule has 19 heavy (non-hydrogen) atoms. The van der Waals surface area contributed by atoms with Gasteiger partial charge in [0.1, 0.15) is 0 Å². The Morgan fingerprint density at radius 1 is 1.16 bits per heavy atom. The van der Waals surface area contributed by atoms with E-state index in [-0.39, 0.29) is 10.3 Å². The monoisotopic (exact) mass is 292 g/mol. The highest BCUT2D eigenvalue weighted by Crippen LogP contribution is 2.38. The van der Waals surface area contributed by atoms with Crippen molar-refractivity contribution >= 4 is 23.9 Å². The lowest BCUT2D eigenvalue weighted by Crippen LogP contribution is -2.41. The fourth-order valence-electron chi connectivity index (χ4n) is 1.74. The van der Waals surface area contributed by atoms with Crippen LogP contribution in [0, 0.1) is 6.85 Å². The molecule has 0 N–H and O–H groups in total. The second kappa shape index (κ2) is 4.34. The van der Waals surface area contributed by atoms with Crippen LogP contribution < -0.4 is 5.46 Å². The van der Waals surface area contributed by atoms with Crippen molar-refractivity contribution in [2.45, 2.75) is 71.7 Å². The first kappa shape index (κ1) is 5.82. The molecule has 1 aliphatic heterocycles. The van der Waals surface area contributed by atoms with Crippen LogP contribution in [0.5, 0.6) is 0 Å². The molecule has 0 unspecified atom stereocenters. The van der Waals surface area contributed by atoms with Gasteiger partial charge in [0.2, 0.25) is 0 Å². The molecular weight excluding hydrogens is 255 g/mol. The Labute approximate surface area is 138 Å². The standard InChI is InChI=1S/C15H25BO2S/c1-10-11(9-12(19-10)13(2,3)4)16-17-14(5,6)15(7,8)18-16/h9H,1-8H3/i1D3,2D3,3D3,4D3. The molecule has 1 aromatic rings. The van der Waals surface area contributed by atoms with Gasteiger partial charge in [-0.2, -0.15) is 0 Å². The Hall–Kier alpha value is -0.315. The summed E-state index contributed by atoms with van der Waals surface area (Å²) in [5.41, 5.74) is -5.11. The lowest BCUT2D eigenvalue weighted by Gasteiger charge is -2.32. The molecule has 4 heteroatoms. The Kier molecular flexibility index (Phi) is 1.33. The van der Waals surface area contributed by atoms with Gasteiger partial charge in [-0.3, -0.25) is 0 Å². The molecule has 106 valence electrons. The molecule has 0 bridgehead atoms. The lowest BCUT2D eigenvalue weighted by atomic mass is 9.78. The van der Waals surface area contributed by atoms with Crippen molar-refractivity contribution in [2.75, 3.05) is 0 Å². The van der Waals surface area contributed by atoms with Crippen molar-refractivity contribution in [3.63, 3.8) is 0 Å². The lowest BCUT2D eigenvalue weighted by molar-refractivity contribution is 0.00578. The molecule has 1 aliphatic rings. The maximum Gasteiger partial charge on any atom is 0.495 e. The van der Waals surface area contributed by atoms with Crippen molar-refractivity contribution in [3.05, 3.63) is 15.8 Å². The van der Waals surface area contributed by atoms with E-state index in [1.54, 1.807) is 27.7 Å². The van der Waals surface area contributed by atoms with Gasteiger partial charge >= 0.3 is 7.12 Å². The van der Waals surface area contributed by atoms with Crippen LogP contribution in [0.25, 0.3) is 0 Å². The first-order valence-electron chi connectivity index (χ1n) is 11.9. The minimum absolute atomic E-state index is 0.0965. The quantitative estimate of drug-likeness (QED) is 0.736. The average molecular weight is 292 g/mol. The first-order valence-corrected chi connectivity index (χ1v) is 6.72. The molecule has 0 aromatic carbocycles. The summed E-state index contributed by atoms with van der Waals surface area (Å²) in [5.74, 6) is 0. The van der Waals surface area contributed by atoms with Crippen LogP contribution >= 0.6 is 11.3 Å². The van der Waals surface area contributed by atoms with Crippen LogP contribution in [0.3, 0.4) is 0 Å². The van der Waals surface area contributed by atoms with Crippen molar-refractivity contribution in [1.29, 1.82) is 0 Å². The highest BCUT2D eigenvalue weighted by atomic mass is 32.1. The Morgan fingerprint density at radius 2 is 1.74 bits per heavy atom. The van der Waals surface area contributed by atoms with E-state index in [0.717, 1.165) is 6.07 Å². The van der Waals surface area contributed by atoms with E-state index in [1.165, 1.54) is 0 Å². The van der Waals surface area contributed by atoms with Gasteiger partial charge in [-0.25, -0.2) is 0 Å². The second-order valence-corrected chi connectivity index (χ2v) is 6.79. The van der Waals surface area contributed by atoms with Crippen molar-refractivity contribution in [2.24, 2.45) is 0 Å². The Morgan fingerprint density at radius 3 is 2.21 bits per heavy atom. The van der Waals surface area contributed by atoms with Gasteiger partial charge < -0.3 is 9.31 Å². The topological polar surface area (TPSA) is 18.5 Å². The molecule has 0 amide bonds. The average Bonchev–Trinajstić information content (AvgIpc) is 2.94. The number of hydrogen-bond donors (Lipinski definition) is 0. The Bertz CT molecular complexity index is 779. The van der Waals surface area contributed by atoms with E-state index in [0.29, 0.717) is 11.3 Å².